The van der Waals surface area contributed by atoms with Gasteiger partial charge in [-0.25, -0.2) is 0 Å². The highest BCUT2D eigenvalue weighted by molar-refractivity contribution is 14.1. The topological polar surface area (TPSA) is 20.3 Å². The Kier molecular flexibility index (Phi) is 4.43. The molecule has 1 amide bonds. The Bertz CT molecular complexity index is 697. The average molecular weight is 432 g/mol. The second-order valence-corrected chi connectivity index (χ2v) is 7.01. The van der Waals surface area contributed by atoms with Crippen molar-refractivity contribution in [2.45, 2.75) is 19.4 Å². The number of rotatable bonds is 2. The second-order valence-electron chi connectivity index (χ2n) is 4.95. The number of halogens is 3. The van der Waals surface area contributed by atoms with Crippen LogP contribution in [0.2, 0.25) is 10.0 Å². The minimum Gasteiger partial charge on any atom is -0.308 e. The molecule has 1 heterocycles. The average Bonchev–Trinajstić information content (AvgIpc) is 2.45. The first-order chi connectivity index (χ1) is 10.1. The van der Waals surface area contributed by atoms with Gasteiger partial charge in [0.2, 0.25) is 5.91 Å². The van der Waals surface area contributed by atoms with Crippen LogP contribution in [0.3, 0.4) is 0 Å². The van der Waals surface area contributed by atoms with E-state index < -0.39 is 0 Å². The standard InChI is InChI=1S/C16H12Cl2INO/c17-13-2-1-3-14(18)12(13)9-20-15-6-5-11(19)8-10(15)4-7-16(20)21/h1-3,5-6,8H,4,7,9H2. The minimum absolute atomic E-state index is 0.111. The Morgan fingerprint density at radius 2 is 1.81 bits per heavy atom. The van der Waals surface area contributed by atoms with Crippen LogP contribution in [0.15, 0.2) is 36.4 Å². The molecule has 21 heavy (non-hydrogen) atoms. The fourth-order valence-electron chi connectivity index (χ4n) is 2.54. The van der Waals surface area contributed by atoms with Crippen molar-refractivity contribution in [1.29, 1.82) is 0 Å². The van der Waals surface area contributed by atoms with Crippen LogP contribution in [0.1, 0.15) is 17.5 Å². The summed E-state index contributed by atoms with van der Waals surface area (Å²) in [5, 5.41) is 1.18. The first-order valence-electron chi connectivity index (χ1n) is 6.58. The lowest BCUT2D eigenvalue weighted by Crippen LogP contribution is -2.34. The molecule has 0 radical (unpaired) electrons. The SMILES string of the molecule is O=C1CCc2cc(I)ccc2N1Cc1c(Cl)cccc1Cl. The van der Waals surface area contributed by atoms with Gasteiger partial charge in [-0.2, -0.15) is 0 Å². The van der Waals surface area contributed by atoms with Crippen molar-refractivity contribution >= 4 is 57.4 Å². The molecule has 2 nitrogen and oxygen atoms in total. The lowest BCUT2D eigenvalue weighted by Gasteiger charge is -2.30. The van der Waals surface area contributed by atoms with Gasteiger partial charge < -0.3 is 4.90 Å². The van der Waals surface area contributed by atoms with Crippen molar-refractivity contribution in [2.75, 3.05) is 4.90 Å². The van der Waals surface area contributed by atoms with Crippen molar-refractivity contribution in [3.8, 4) is 0 Å². The molecule has 1 aliphatic rings. The Hall–Kier alpha value is -0.780. The van der Waals surface area contributed by atoms with Gasteiger partial charge in [0, 0.05) is 31.3 Å². The molecule has 0 saturated heterocycles. The Labute approximate surface area is 147 Å². The van der Waals surface area contributed by atoms with E-state index in [1.165, 1.54) is 9.13 Å². The number of carbonyl (C=O) groups excluding carboxylic acids is 1. The largest absolute Gasteiger partial charge is 0.308 e. The fraction of sp³-hybridized carbons (Fsp3) is 0.188. The fourth-order valence-corrected chi connectivity index (χ4v) is 3.62. The number of carbonyl (C=O) groups is 1. The highest BCUT2D eigenvalue weighted by atomic mass is 127. The van der Waals surface area contributed by atoms with Crippen LogP contribution in [0.4, 0.5) is 5.69 Å². The molecular weight excluding hydrogens is 420 g/mol. The van der Waals surface area contributed by atoms with Crippen LogP contribution < -0.4 is 4.90 Å². The van der Waals surface area contributed by atoms with Crippen LogP contribution in [-0.2, 0) is 17.8 Å². The third-order valence-corrected chi connectivity index (χ3v) is 5.00. The van der Waals surface area contributed by atoms with E-state index in [0.717, 1.165) is 17.7 Å². The van der Waals surface area contributed by atoms with Gasteiger partial charge in [-0.05, 0) is 64.9 Å². The third-order valence-electron chi connectivity index (χ3n) is 3.62. The van der Waals surface area contributed by atoms with Gasteiger partial charge in [0.1, 0.15) is 0 Å². The van der Waals surface area contributed by atoms with Gasteiger partial charge in [0.15, 0.2) is 0 Å². The van der Waals surface area contributed by atoms with Gasteiger partial charge >= 0.3 is 0 Å². The number of anilines is 1. The lowest BCUT2D eigenvalue weighted by molar-refractivity contribution is -0.119. The van der Waals surface area contributed by atoms with Crippen LogP contribution in [0.5, 0.6) is 0 Å². The zero-order valence-electron chi connectivity index (χ0n) is 11.1. The highest BCUT2D eigenvalue weighted by Gasteiger charge is 2.25. The second kappa shape index (κ2) is 6.15. The predicted molar refractivity (Wildman–Crippen MR) is 95.1 cm³/mol. The summed E-state index contributed by atoms with van der Waals surface area (Å²) >= 11 is 14.7. The number of nitrogens with zero attached hydrogens (tertiary/aromatic N) is 1. The molecule has 3 rings (SSSR count). The van der Waals surface area contributed by atoms with Crippen molar-refractivity contribution in [3.63, 3.8) is 0 Å². The Morgan fingerprint density at radius 3 is 2.52 bits per heavy atom. The summed E-state index contributed by atoms with van der Waals surface area (Å²) in [5.74, 6) is 0.111. The summed E-state index contributed by atoms with van der Waals surface area (Å²) in [6, 6.07) is 11.5. The maximum Gasteiger partial charge on any atom is 0.227 e. The molecule has 0 spiro atoms. The molecule has 0 N–H and O–H groups in total. The van der Waals surface area contributed by atoms with Crippen molar-refractivity contribution < 1.29 is 4.79 Å². The number of hydrogen-bond acceptors (Lipinski definition) is 1. The van der Waals surface area contributed by atoms with Crippen molar-refractivity contribution in [1.82, 2.24) is 0 Å². The smallest absolute Gasteiger partial charge is 0.227 e. The summed E-state index contributed by atoms with van der Waals surface area (Å²) in [6.45, 7) is 0.408. The molecular formula is C16H12Cl2INO. The number of amides is 1. The molecule has 108 valence electrons. The third kappa shape index (κ3) is 3.05. The van der Waals surface area contributed by atoms with E-state index in [1.54, 1.807) is 17.0 Å². The molecule has 0 aliphatic carbocycles. The van der Waals surface area contributed by atoms with Gasteiger partial charge in [-0.1, -0.05) is 29.3 Å². The zero-order valence-corrected chi connectivity index (χ0v) is 14.7. The van der Waals surface area contributed by atoms with Crippen LogP contribution in [-0.4, -0.2) is 5.91 Å². The first-order valence-corrected chi connectivity index (χ1v) is 8.41. The summed E-state index contributed by atoms with van der Waals surface area (Å²) in [4.78, 5) is 14.1. The van der Waals surface area contributed by atoms with Crippen molar-refractivity contribution in [3.05, 3.63) is 61.1 Å². The normalized spacial score (nSPS) is 14.2. The van der Waals surface area contributed by atoms with Gasteiger partial charge in [0.05, 0.1) is 6.54 Å². The molecule has 0 fully saturated rings. The zero-order chi connectivity index (χ0) is 15.0. The van der Waals surface area contributed by atoms with E-state index in [4.69, 9.17) is 23.2 Å². The summed E-state index contributed by atoms with van der Waals surface area (Å²) in [7, 11) is 0. The first kappa shape index (κ1) is 15.1. The van der Waals surface area contributed by atoms with Gasteiger partial charge in [-0.15, -0.1) is 0 Å². The maximum atomic E-state index is 12.3. The van der Waals surface area contributed by atoms with Gasteiger partial charge in [-0.3, -0.25) is 4.79 Å². The molecule has 0 atom stereocenters. The summed E-state index contributed by atoms with van der Waals surface area (Å²) < 4.78 is 1.18. The Balaban J connectivity index is 2.01. The Morgan fingerprint density at radius 1 is 1.10 bits per heavy atom. The van der Waals surface area contributed by atoms with E-state index >= 15 is 0 Å². The number of hydrogen-bond donors (Lipinski definition) is 0. The minimum atomic E-state index is 0.111. The predicted octanol–water partition coefficient (Wildman–Crippen LogP) is 5.08. The molecule has 0 saturated carbocycles. The van der Waals surface area contributed by atoms with Crippen LogP contribution in [0.25, 0.3) is 0 Å². The van der Waals surface area contributed by atoms with Gasteiger partial charge in [0.25, 0.3) is 0 Å². The van der Waals surface area contributed by atoms with Crippen LogP contribution >= 0.6 is 45.8 Å². The quantitative estimate of drug-likeness (QED) is 0.607. The molecule has 2 aromatic rings. The molecule has 1 aliphatic heterocycles. The molecule has 2 aromatic carbocycles. The monoisotopic (exact) mass is 431 g/mol. The maximum absolute atomic E-state index is 12.3. The lowest BCUT2D eigenvalue weighted by atomic mass is 10.0. The van der Waals surface area contributed by atoms with E-state index in [9.17, 15) is 4.79 Å². The molecule has 0 bridgehead atoms. The highest BCUT2D eigenvalue weighted by Crippen LogP contribution is 2.33. The summed E-state index contributed by atoms with van der Waals surface area (Å²) in [6.07, 6.45) is 1.31. The van der Waals surface area contributed by atoms with Crippen molar-refractivity contribution in [2.24, 2.45) is 0 Å². The van der Waals surface area contributed by atoms with E-state index in [0.29, 0.717) is 23.0 Å². The van der Waals surface area contributed by atoms with E-state index in [-0.39, 0.29) is 5.91 Å². The van der Waals surface area contributed by atoms with Crippen LogP contribution in [0, 0.1) is 3.57 Å². The number of fused-ring (bicyclic) bond motifs is 1. The summed E-state index contributed by atoms with van der Waals surface area (Å²) in [5.41, 5.74) is 2.95. The molecule has 0 aromatic heterocycles. The molecule has 0 unspecified atom stereocenters. The molecule has 5 heteroatoms. The van der Waals surface area contributed by atoms with E-state index in [2.05, 4.69) is 28.7 Å². The van der Waals surface area contributed by atoms with E-state index in [1.807, 2.05) is 18.2 Å². The number of aryl methyl sites for hydroxylation is 1. The number of benzene rings is 2.